The van der Waals surface area contributed by atoms with Crippen molar-refractivity contribution in [3.8, 4) is 0 Å². The Morgan fingerprint density at radius 1 is 1.09 bits per heavy atom. The van der Waals surface area contributed by atoms with E-state index in [2.05, 4.69) is 29.5 Å². The zero-order chi connectivity index (χ0) is 15.5. The van der Waals surface area contributed by atoms with Gasteiger partial charge in [-0.1, -0.05) is 35.1 Å². The maximum absolute atomic E-state index is 12.4. The topological polar surface area (TPSA) is 34.1 Å². The van der Waals surface area contributed by atoms with Crippen LogP contribution in [0, 0.1) is 28.6 Å². The van der Waals surface area contributed by atoms with Gasteiger partial charge in [0.15, 0.2) is 5.78 Å². The molecule has 0 saturated heterocycles. The molecule has 4 aliphatic rings. The third-order valence-electron chi connectivity index (χ3n) is 7.63. The number of carbonyl (C=O) groups is 2. The number of halogens is 1. The predicted molar refractivity (Wildman–Crippen MR) is 94.9 cm³/mol. The highest BCUT2D eigenvalue weighted by Crippen LogP contribution is 2.64. The number of Topliss-reactive ketones (excluding diaryl/α,β-unsaturated/α-hetero) is 1. The van der Waals surface area contributed by atoms with Crippen LogP contribution in [0.2, 0.25) is 0 Å². The first-order valence-corrected chi connectivity index (χ1v) is 10.4. The third-order valence-corrected chi connectivity index (χ3v) is 8.99. The Labute approximate surface area is 146 Å². The summed E-state index contributed by atoms with van der Waals surface area (Å²) in [4.78, 5) is 24.3. The van der Waals surface area contributed by atoms with Crippen LogP contribution in [0.15, 0.2) is 11.6 Å². The van der Waals surface area contributed by atoms with Gasteiger partial charge in [0.05, 0.1) is 0 Å². The molecule has 3 saturated carbocycles. The molecule has 0 aliphatic heterocycles. The van der Waals surface area contributed by atoms with Crippen LogP contribution in [0.3, 0.4) is 0 Å². The lowest BCUT2D eigenvalue weighted by Gasteiger charge is -2.57. The highest BCUT2D eigenvalue weighted by Gasteiger charge is 2.59. The van der Waals surface area contributed by atoms with Gasteiger partial charge in [-0.2, -0.15) is 0 Å². The van der Waals surface area contributed by atoms with Crippen molar-refractivity contribution in [2.24, 2.45) is 28.6 Å². The molecule has 0 aromatic carbocycles. The Morgan fingerprint density at radius 3 is 2.68 bits per heavy atom. The van der Waals surface area contributed by atoms with E-state index in [9.17, 15) is 9.59 Å². The van der Waals surface area contributed by atoms with E-state index in [0.29, 0.717) is 29.3 Å². The third kappa shape index (κ3) is 1.90. The van der Waals surface area contributed by atoms with Crippen LogP contribution in [0.4, 0.5) is 0 Å². The number of hydrogen-bond acceptors (Lipinski definition) is 2. The van der Waals surface area contributed by atoms with Gasteiger partial charge < -0.3 is 0 Å². The number of allylic oxidation sites excluding steroid dienone is 1. The molecule has 0 heterocycles. The van der Waals surface area contributed by atoms with E-state index in [0.717, 1.165) is 43.0 Å². The number of rotatable bonds is 1. The van der Waals surface area contributed by atoms with Gasteiger partial charge in [-0.25, -0.2) is 0 Å². The monoisotopic (exact) mass is 412 g/mol. The maximum atomic E-state index is 12.4. The molecule has 22 heavy (non-hydrogen) atoms. The summed E-state index contributed by atoms with van der Waals surface area (Å²) in [6, 6.07) is 0. The summed E-state index contributed by atoms with van der Waals surface area (Å²) in [5.41, 5.74) is 1.69. The molecule has 4 aliphatic carbocycles. The number of alkyl halides is 1. The largest absolute Gasteiger partial charge is 0.299 e. The van der Waals surface area contributed by atoms with Crippen LogP contribution in [-0.4, -0.2) is 16.0 Å². The van der Waals surface area contributed by atoms with E-state index in [1.165, 1.54) is 18.4 Å². The molecule has 0 amide bonds. The molecular formula is C19H25IO2. The molecule has 3 heteroatoms. The average Bonchev–Trinajstić information content (AvgIpc) is 2.82. The van der Waals surface area contributed by atoms with E-state index in [1.807, 2.05) is 6.08 Å². The van der Waals surface area contributed by atoms with E-state index in [1.54, 1.807) is 0 Å². The summed E-state index contributed by atoms with van der Waals surface area (Å²) in [5.74, 6) is 2.90. The lowest BCUT2D eigenvalue weighted by molar-refractivity contribution is -0.132. The van der Waals surface area contributed by atoms with Crippen molar-refractivity contribution < 1.29 is 9.59 Å². The first kappa shape index (κ1) is 15.3. The fourth-order valence-corrected chi connectivity index (χ4v) is 7.82. The van der Waals surface area contributed by atoms with Crippen LogP contribution >= 0.6 is 22.6 Å². The summed E-state index contributed by atoms with van der Waals surface area (Å²) in [7, 11) is 0. The van der Waals surface area contributed by atoms with Crippen LogP contribution in [0.5, 0.6) is 0 Å². The number of fused-ring (bicyclic) bond motifs is 5. The van der Waals surface area contributed by atoms with Crippen LogP contribution in [-0.2, 0) is 9.59 Å². The molecule has 120 valence electrons. The highest BCUT2D eigenvalue weighted by atomic mass is 127. The quantitative estimate of drug-likeness (QED) is 0.470. The van der Waals surface area contributed by atoms with E-state index >= 15 is 0 Å². The Balaban J connectivity index is 1.73. The molecule has 5 unspecified atom stereocenters. The van der Waals surface area contributed by atoms with Gasteiger partial charge in [-0.15, -0.1) is 0 Å². The molecule has 2 nitrogen and oxygen atoms in total. The summed E-state index contributed by atoms with van der Waals surface area (Å²) in [6.07, 6.45) is 10.3. The molecule has 0 radical (unpaired) electrons. The minimum absolute atomic E-state index is 0.0284. The van der Waals surface area contributed by atoms with Gasteiger partial charge in [0.1, 0.15) is 5.78 Å². The Morgan fingerprint density at radius 2 is 1.91 bits per heavy atom. The minimum atomic E-state index is -0.0284. The Kier molecular flexibility index (Phi) is 3.59. The summed E-state index contributed by atoms with van der Waals surface area (Å²) in [6.45, 7) is 2.25. The van der Waals surface area contributed by atoms with Gasteiger partial charge in [0.25, 0.3) is 0 Å². The molecule has 3 fully saturated rings. The SMILES string of the molecule is CC12CCC3C(CCC4=CC(=O)CCC43CI)C1CCC2=O. The van der Waals surface area contributed by atoms with Crippen molar-refractivity contribution in [3.63, 3.8) is 0 Å². The van der Waals surface area contributed by atoms with E-state index in [-0.39, 0.29) is 10.8 Å². The molecule has 0 spiro atoms. The first-order chi connectivity index (χ1) is 10.5. The highest BCUT2D eigenvalue weighted by molar-refractivity contribution is 14.1. The molecular weight excluding hydrogens is 387 g/mol. The van der Waals surface area contributed by atoms with Gasteiger partial charge in [-0.05, 0) is 62.4 Å². The normalized spacial score (nSPS) is 47.5. The zero-order valence-corrected chi connectivity index (χ0v) is 15.5. The average molecular weight is 412 g/mol. The second-order valence-electron chi connectivity index (χ2n) is 8.26. The number of ketones is 2. The predicted octanol–water partition coefficient (Wildman–Crippen LogP) is 4.50. The van der Waals surface area contributed by atoms with Crippen molar-refractivity contribution in [1.82, 2.24) is 0 Å². The standard InChI is InChI=1S/C19H25IO2/c1-18-8-7-16-14(15(18)4-5-17(18)22)3-2-12-10-13(21)6-9-19(12,16)11-20/h10,14-16H,2-9,11H2,1H3. The number of hydrogen-bond donors (Lipinski definition) is 0. The second kappa shape index (κ2) is 5.15. The molecule has 0 bridgehead atoms. The zero-order valence-electron chi connectivity index (χ0n) is 13.4. The van der Waals surface area contributed by atoms with Gasteiger partial charge in [0.2, 0.25) is 0 Å². The molecule has 0 N–H and O–H groups in total. The smallest absolute Gasteiger partial charge is 0.155 e. The summed E-state index contributed by atoms with van der Waals surface area (Å²) >= 11 is 2.56. The lowest BCUT2D eigenvalue weighted by atomic mass is 9.47. The van der Waals surface area contributed by atoms with Gasteiger partial charge >= 0.3 is 0 Å². The Hall–Kier alpha value is -0.190. The van der Waals surface area contributed by atoms with Gasteiger partial charge in [-0.3, -0.25) is 9.59 Å². The first-order valence-electron chi connectivity index (χ1n) is 8.84. The van der Waals surface area contributed by atoms with Crippen molar-refractivity contribution in [3.05, 3.63) is 11.6 Å². The van der Waals surface area contributed by atoms with Crippen LogP contribution < -0.4 is 0 Å². The second-order valence-corrected chi connectivity index (χ2v) is 9.02. The Bertz CT molecular complexity index is 566. The van der Waals surface area contributed by atoms with Crippen molar-refractivity contribution in [2.45, 2.75) is 58.3 Å². The summed E-state index contributed by atoms with van der Waals surface area (Å²) < 4.78 is 1.14. The molecule has 4 rings (SSSR count). The fourth-order valence-electron chi connectivity index (χ4n) is 6.38. The summed E-state index contributed by atoms with van der Waals surface area (Å²) in [5, 5.41) is 0. The molecule has 0 aromatic heterocycles. The van der Waals surface area contributed by atoms with Crippen LogP contribution in [0.25, 0.3) is 0 Å². The van der Waals surface area contributed by atoms with E-state index < -0.39 is 0 Å². The van der Waals surface area contributed by atoms with Gasteiger partial charge in [0, 0.05) is 28.1 Å². The van der Waals surface area contributed by atoms with Crippen molar-refractivity contribution in [2.75, 3.05) is 4.43 Å². The van der Waals surface area contributed by atoms with Crippen molar-refractivity contribution >= 4 is 34.2 Å². The van der Waals surface area contributed by atoms with Crippen molar-refractivity contribution in [1.29, 1.82) is 0 Å². The molecule has 5 atom stereocenters. The fraction of sp³-hybridized carbons (Fsp3) is 0.789. The van der Waals surface area contributed by atoms with Crippen LogP contribution in [0.1, 0.15) is 58.3 Å². The maximum Gasteiger partial charge on any atom is 0.155 e. The lowest BCUT2D eigenvalue weighted by Crippen LogP contribution is -2.52. The minimum Gasteiger partial charge on any atom is -0.299 e. The molecule has 0 aromatic rings. The van der Waals surface area contributed by atoms with E-state index in [4.69, 9.17) is 0 Å². The number of carbonyl (C=O) groups excluding carboxylic acids is 2.